The molecule has 0 aliphatic rings. The van der Waals surface area contributed by atoms with E-state index in [2.05, 4.69) is 20.8 Å². The SMILES string of the molecule is CCc1nn(C)cc1NC(=O)c1ccc(NN)cn1. The molecule has 7 heteroatoms. The second-order valence-corrected chi connectivity index (χ2v) is 4.05. The molecule has 7 nitrogen and oxygen atoms in total. The van der Waals surface area contributed by atoms with Crippen molar-refractivity contribution in [1.29, 1.82) is 0 Å². The van der Waals surface area contributed by atoms with Crippen LogP contribution in [0.1, 0.15) is 23.1 Å². The molecule has 0 bridgehead atoms. The predicted molar refractivity (Wildman–Crippen MR) is 72.6 cm³/mol. The Hall–Kier alpha value is -2.41. The van der Waals surface area contributed by atoms with Crippen molar-refractivity contribution in [2.75, 3.05) is 10.7 Å². The normalized spacial score (nSPS) is 10.3. The van der Waals surface area contributed by atoms with Crippen LogP contribution in [-0.4, -0.2) is 20.7 Å². The quantitative estimate of drug-likeness (QED) is 0.561. The molecule has 0 spiro atoms. The van der Waals surface area contributed by atoms with E-state index in [1.54, 1.807) is 23.0 Å². The van der Waals surface area contributed by atoms with Crippen molar-refractivity contribution in [3.05, 3.63) is 35.9 Å². The summed E-state index contributed by atoms with van der Waals surface area (Å²) >= 11 is 0. The number of amides is 1. The first kappa shape index (κ1) is 13.0. The van der Waals surface area contributed by atoms with Crippen molar-refractivity contribution < 1.29 is 4.79 Å². The first-order valence-electron chi connectivity index (χ1n) is 5.90. The molecule has 0 saturated heterocycles. The highest BCUT2D eigenvalue weighted by molar-refractivity contribution is 6.03. The van der Waals surface area contributed by atoms with E-state index >= 15 is 0 Å². The molecule has 0 aromatic carbocycles. The van der Waals surface area contributed by atoms with E-state index in [0.717, 1.165) is 12.1 Å². The average molecular weight is 260 g/mol. The second-order valence-electron chi connectivity index (χ2n) is 4.05. The Morgan fingerprint density at radius 3 is 2.84 bits per heavy atom. The summed E-state index contributed by atoms with van der Waals surface area (Å²) in [4.78, 5) is 16.1. The number of aryl methyl sites for hydroxylation is 2. The third-order valence-electron chi connectivity index (χ3n) is 2.65. The molecule has 2 heterocycles. The number of rotatable bonds is 4. The Morgan fingerprint density at radius 1 is 1.47 bits per heavy atom. The zero-order chi connectivity index (χ0) is 13.8. The van der Waals surface area contributed by atoms with Crippen LogP contribution in [0.4, 0.5) is 11.4 Å². The van der Waals surface area contributed by atoms with Gasteiger partial charge in [-0.1, -0.05) is 6.92 Å². The van der Waals surface area contributed by atoms with Crippen LogP contribution in [0.15, 0.2) is 24.5 Å². The van der Waals surface area contributed by atoms with Crippen molar-refractivity contribution in [2.24, 2.45) is 12.9 Å². The highest BCUT2D eigenvalue weighted by atomic mass is 16.1. The molecule has 0 aliphatic carbocycles. The van der Waals surface area contributed by atoms with E-state index < -0.39 is 0 Å². The number of anilines is 2. The van der Waals surface area contributed by atoms with Gasteiger partial charge in [0.1, 0.15) is 5.69 Å². The van der Waals surface area contributed by atoms with E-state index in [0.29, 0.717) is 17.1 Å². The Labute approximate surface area is 110 Å². The van der Waals surface area contributed by atoms with Gasteiger partial charge in [0.05, 0.1) is 23.3 Å². The highest BCUT2D eigenvalue weighted by Gasteiger charge is 2.12. The first-order valence-corrected chi connectivity index (χ1v) is 5.90. The van der Waals surface area contributed by atoms with Crippen molar-refractivity contribution in [2.45, 2.75) is 13.3 Å². The van der Waals surface area contributed by atoms with E-state index in [-0.39, 0.29) is 5.91 Å². The standard InChI is InChI=1S/C12H16N6O/c1-3-9-11(7-18(2)17-9)15-12(19)10-5-4-8(16-13)6-14-10/h4-7,16H,3,13H2,1-2H3,(H,15,19). The number of nitrogens with two attached hydrogens (primary N) is 1. The summed E-state index contributed by atoms with van der Waals surface area (Å²) in [5.41, 5.74) is 4.98. The molecule has 0 saturated carbocycles. The average Bonchev–Trinajstić information content (AvgIpc) is 2.78. The van der Waals surface area contributed by atoms with Crippen molar-refractivity contribution in [3.63, 3.8) is 0 Å². The first-order chi connectivity index (χ1) is 9.13. The van der Waals surface area contributed by atoms with Crippen LogP contribution in [0.3, 0.4) is 0 Å². The lowest BCUT2D eigenvalue weighted by atomic mass is 10.2. The van der Waals surface area contributed by atoms with Gasteiger partial charge in [-0.25, -0.2) is 4.98 Å². The molecule has 2 rings (SSSR count). The van der Waals surface area contributed by atoms with Gasteiger partial charge in [0, 0.05) is 13.2 Å². The second kappa shape index (κ2) is 5.49. The summed E-state index contributed by atoms with van der Waals surface area (Å²) in [6, 6.07) is 3.29. The maximum absolute atomic E-state index is 12.0. The molecule has 4 N–H and O–H groups in total. The Kier molecular flexibility index (Phi) is 3.76. The molecule has 2 aromatic heterocycles. The maximum Gasteiger partial charge on any atom is 0.274 e. The van der Waals surface area contributed by atoms with Gasteiger partial charge < -0.3 is 10.7 Å². The van der Waals surface area contributed by atoms with Gasteiger partial charge in [-0.3, -0.25) is 15.3 Å². The number of hydrogen-bond donors (Lipinski definition) is 3. The number of pyridine rings is 1. The number of aromatic nitrogens is 3. The number of nitrogen functional groups attached to an aromatic ring is 1. The Balaban J connectivity index is 2.15. The molecular weight excluding hydrogens is 244 g/mol. The molecule has 0 radical (unpaired) electrons. The number of carbonyl (C=O) groups excluding carboxylic acids is 1. The number of hydrazine groups is 1. The van der Waals surface area contributed by atoms with Crippen LogP contribution < -0.4 is 16.6 Å². The fraction of sp³-hybridized carbons (Fsp3) is 0.250. The van der Waals surface area contributed by atoms with Gasteiger partial charge in [0.2, 0.25) is 0 Å². The molecule has 0 unspecified atom stereocenters. The van der Waals surface area contributed by atoms with Crippen molar-refractivity contribution >= 4 is 17.3 Å². The summed E-state index contributed by atoms with van der Waals surface area (Å²) in [6.45, 7) is 1.98. The van der Waals surface area contributed by atoms with Gasteiger partial charge in [-0.2, -0.15) is 5.10 Å². The minimum Gasteiger partial charge on any atom is -0.323 e. The lowest BCUT2D eigenvalue weighted by Crippen LogP contribution is -2.15. The Bertz CT molecular complexity index is 574. The zero-order valence-corrected chi connectivity index (χ0v) is 10.8. The van der Waals surface area contributed by atoms with Gasteiger partial charge >= 0.3 is 0 Å². The van der Waals surface area contributed by atoms with E-state index in [4.69, 9.17) is 5.84 Å². The topological polar surface area (TPSA) is 97.9 Å². The number of hydrogen-bond acceptors (Lipinski definition) is 5. The minimum absolute atomic E-state index is 0.272. The van der Waals surface area contributed by atoms with Crippen LogP contribution in [-0.2, 0) is 13.5 Å². The zero-order valence-electron chi connectivity index (χ0n) is 10.8. The fourth-order valence-electron chi connectivity index (χ4n) is 1.70. The molecule has 0 aliphatic heterocycles. The van der Waals surface area contributed by atoms with Crippen LogP contribution in [0.5, 0.6) is 0 Å². The molecule has 100 valence electrons. The highest BCUT2D eigenvalue weighted by Crippen LogP contribution is 2.15. The maximum atomic E-state index is 12.0. The van der Waals surface area contributed by atoms with Crippen LogP contribution in [0.25, 0.3) is 0 Å². The number of nitrogens with one attached hydrogen (secondary N) is 2. The summed E-state index contributed by atoms with van der Waals surface area (Å²) in [5.74, 6) is 4.97. The molecule has 2 aromatic rings. The molecule has 0 atom stereocenters. The van der Waals surface area contributed by atoms with Crippen LogP contribution in [0, 0.1) is 0 Å². The Morgan fingerprint density at radius 2 is 2.26 bits per heavy atom. The van der Waals surface area contributed by atoms with Gasteiger partial charge in [0.25, 0.3) is 5.91 Å². The fourth-order valence-corrected chi connectivity index (χ4v) is 1.70. The van der Waals surface area contributed by atoms with Crippen molar-refractivity contribution in [1.82, 2.24) is 14.8 Å². The van der Waals surface area contributed by atoms with Crippen LogP contribution >= 0.6 is 0 Å². The predicted octanol–water partition coefficient (Wildman–Crippen LogP) is 0.915. The summed E-state index contributed by atoms with van der Waals surface area (Å²) in [5, 5.41) is 7.06. The molecule has 0 fully saturated rings. The van der Waals surface area contributed by atoms with Crippen LogP contribution in [0.2, 0.25) is 0 Å². The smallest absolute Gasteiger partial charge is 0.274 e. The van der Waals surface area contributed by atoms with E-state index in [1.165, 1.54) is 6.20 Å². The van der Waals surface area contributed by atoms with Crippen molar-refractivity contribution in [3.8, 4) is 0 Å². The van der Waals surface area contributed by atoms with E-state index in [9.17, 15) is 4.79 Å². The van der Waals surface area contributed by atoms with Gasteiger partial charge in [-0.15, -0.1) is 0 Å². The molecular formula is C12H16N6O. The largest absolute Gasteiger partial charge is 0.323 e. The lowest BCUT2D eigenvalue weighted by Gasteiger charge is -2.04. The summed E-state index contributed by atoms with van der Waals surface area (Å²) in [7, 11) is 1.81. The monoisotopic (exact) mass is 260 g/mol. The number of nitrogens with zero attached hydrogens (tertiary/aromatic N) is 3. The lowest BCUT2D eigenvalue weighted by molar-refractivity contribution is 0.102. The molecule has 19 heavy (non-hydrogen) atoms. The molecule has 1 amide bonds. The van der Waals surface area contributed by atoms with E-state index in [1.807, 2.05) is 14.0 Å². The third kappa shape index (κ3) is 2.89. The third-order valence-corrected chi connectivity index (χ3v) is 2.65. The van der Waals surface area contributed by atoms with Gasteiger partial charge in [-0.05, 0) is 18.6 Å². The summed E-state index contributed by atoms with van der Waals surface area (Å²) < 4.78 is 1.67. The summed E-state index contributed by atoms with van der Waals surface area (Å²) in [6.07, 6.45) is 4.02. The van der Waals surface area contributed by atoms with Gasteiger partial charge in [0.15, 0.2) is 0 Å². The minimum atomic E-state index is -0.272. The number of carbonyl (C=O) groups is 1.